The van der Waals surface area contributed by atoms with Crippen LogP contribution in [-0.2, 0) is 17.6 Å². The predicted octanol–water partition coefficient (Wildman–Crippen LogP) is 2.55. The molecule has 4 rings (SSSR count). The molecule has 1 atom stereocenters. The molecule has 1 aromatic heterocycles. The highest BCUT2D eigenvalue weighted by Gasteiger charge is 2.32. The lowest BCUT2D eigenvalue weighted by molar-refractivity contribution is -0.123. The van der Waals surface area contributed by atoms with E-state index in [9.17, 15) is 4.79 Å². The second-order valence-corrected chi connectivity index (χ2v) is 5.85. The van der Waals surface area contributed by atoms with Gasteiger partial charge in [0.25, 0.3) is 0 Å². The van der Waals surface area contributed by atoms with Gasteiger partial charge in [0.1, 0.15) is 0 Å². The van der Waals surface area contributed by atoms with Crippen LogP contribution < -0.4 is 5.32 Å². The summed E-state index contributed by atoms with van der Waals surface area (Å²) in [6.45, 7) is 0. The van der Waals surface area contributed by atoms with Gasteiger partial charge < -0.3 is 10.3 Å². The molecule has 0 spiro atoms. The number of hydrogen-bond donors (Lipinski definition) is 2. The maximum atomic E-state index is 11.8. The first-order chi connectivity index (χ1) is 9.31. The molecule has 2 aliphatic rings. The molecule has 0 saturated heterocycles. The summed E-state index contributed by atoms with van der Waals surface area (Å²) >= 11 is 0. The first-order valence-corrected chi connectivity index (χ1v) is 7.20. The molecule has 3 heteroatoms. The Kier molecular flexibility index (Phi) is 2.40. The molecule has 1 amide bonds. The third-order valence-electron chi connectivity index (χ3n) is 4.39. The number of carbonyl (C=O) groups excluding carboxylic acids is 1. The van der Waals surface area contributed by atoms with Gasteiger partial charge in [-0.25, -0.2) is 0 Å². The van der Waals surface area contributed by atoms with E-state index >= 15 is 0 Å². The first-order valence-electron chi connectivity index (χ1n) is 7.20. The predicted molar refractivity (Wildman–Crippen MR) is 75.0 cm³/mol. The van der Waals surface area contributed by atoms with Crippen LogP contribution in [0.15, 0.2) is 24.3 Å². The number of benzene rings is 1. The highest BCUT2D eigenvalue weighted by molar-refractivity contribution is 5.85. The van der Waals surface area contributed by atoms with E-state index in [1.807, 2.05) is 0 Å². The van der Waals surface area contributed by atoms with E-state index in [1.54, 1.807) is 0 Å². The van der Waals surface area contributed by atoms with Crippen LogP contribution in [0.5, 0.6) is 0 Å². The number of para-hydroxylation sites is 1. The van der Waals surface area contributed by atoms with Crippen LogP contribution in [-0.4, -0.2) is 16.9 Å². The van der Waals surface area contributed by atoms with Gasteiger partial charge in [-0.05, 0) is 37.3 Å². The number of amides is 1. The summed E-state index contributed by atoms with van der Waals surface area (Å²) in [7, 11) is 0. The van der Waals surface area contributed by atoms with E-state index in [1.165, 1.54) is 22.2 Å². The topological polar surface area (TPSA) is 44.9 Å². The fourth-order valence-corrected chi connectivity index (χ4v) is 3.17. The van der Waals surface area contributed by atoms with Gasteiger partial charge in [-0.2, -0.15) is 0 Å². The van der Waals surface area contributed by atoms with Crippen molar-refractivity contribution in [3.8, 4) is 0 Å². The lowest BCUT2D eigenvalue weighted by atomic mass is 9.91. The van der Waals surface area contributed by atoms with Gasteiger partial charge in [0.05, 0.1) is 0 Å². The second kappa shape index (κ2) is 4.12. The zero-order chi connectivity index (χ0) is 12.8. The van der Waals surface area contributed by atoms with Gasteiger partial charge in [0.15, 0.2) is 0 Å². The zero-order valence-electron chi connectivity index (χ0n) is 10.9. The Labute approximate surface area is 112 Å². The first kappa shape index (κ1) is 11.1. The molecule has 2 aromatic rings. The number of rotatable bonds is 2. The van der Waals surface area contributed by atoms with Crippen LogP contribution >= 0.6 is 0 Å². The fraction of sp³-hybridized carbons (Fsp3) is 0.438. The molecule has 0 aliphatic heterocycles. The summed E-state index contributed by atoms with van der Waals surface area (Å²) in [6, 6.07) is 8.79. The molecule has 3 nitrogen and oxygen atoms in total. The third-order valence-corrected chi connectivity index (χ3v) is 4.39. The fourth-order valence-electron chi connectivity index (χ4n) is 3.17. The molecular formula is C16H18N2O. The average Bonchev–Trinajstić information content (AvgIpc) is 3.20. The van der Waals surface area contributed by atoms with E-state index in [-0.39, 0.29) is 5.91 Å². The van der Waals surface area contributed by atoms with Gasteiger partial charge >= 0.3 is 0 Å². The molecule has 1 saturated carbocycles. The standard InChI is InChI=1S/C16H18N2O/c19-16(10-5-6-10)17-11-7-8-13-12-3-1-2-4-14(12)18-15(13)9-11/h1-4,10-11,18H,5-9H2,(H,17,19). The van der Waals surface area contributed by atoms with Crippen LogP contribution in [0.1, 0.15) is 30.5 Å². The van der Waals surface area contributed by atoms with E-state index in [2.05, 4.69) is 34.6 Å². The van der Waals surface area contributed by atoms with Crippen LogP contribution in [0.3, 0.4) is 0 Å². The highest BCUT2D eigenvalue weighted by Crippen LogP contribution is 2.31. The Hall–Kier alpha value is -1.77. The van der Waals surface area contributed by atoms with E-state index in [0.29, 0.717) is 12.0 Å². The molecule has 1 aromatic carbocycles. The SMILES string of the molecule is O=C(NC1CCc2c([nH]c3ccccc23)C1)C1CC1. The summed E-state index contributed by atoms with van der Waals surface area (Å²) in [6.07, 6.45) is 5.23. The number of aromatic amines is 1. The van der Waals surface area contributed by atoms with Crippen molar-refractivity contribution in [2.24, 2.45) is 5.92 Å². The van der Waals surface area contributed by atoms with Gasteiger partial charge in [-0.1, -0.05) is 18.2 Å². The Balaban J connectivity index is 1.57. The van der Waals surface area contributed by atoms with E-state index in [4.69, 9.17) is 0 Å². The minimum atomic E-state index is 0.268. The Morgan fingerprint density at radius 3 is 2.89 bits per heavy atom. The van der Waals surface area contributed by atoms with Crippen molar-refractivity contribution >= 4 is 16.8 Å². The molecule has 0 bridgehead atoms. The summed E-state index contributed by atoms with van der Waals surface area (Å²) < 4.78 is 0. The molecule has 2 aliphatic carbocycles. The highest BCUT2D eigenvalue weighted by atomic mass is 16.2. The van der Waals surface area contributed by atoms with Crippen molar-refractivity contribution in [1.29, 1.82) is 0 Å². The third kappa shape index (κ3) is 1.93. The van der Waals surface area contributed by atoms with Crippen LogP contribution in [0.2, 0.25) is 0 Å². The Bertz CT molecular complexity index is 639. The molecule has 19 heavy (non-hydrogen) atoms. The van der Waals surface area contributed by atoms with Crippen molar-refractivity contribution in [2.75, 3.05) is 0 Å². The second-order valence-electron chi connectivity index (χ2n) is 5.85. The minimum Gasteiger partial charge on any atom is -0.358 e. The number of fused-ring (bicyclic) bond motifs is 3. The molecule has 1 heterocycles. The maximum Gasteiger partial charge on any atom is 0.223 e. The minimum absolute atomic E-state index is 0.268. The van der Waals surface area contributed by atoms with Crippen molar-refractivity contribution in [1.82, 2.24) is 10.3 Å². The van der Waals surface area contributed by atoms with E-state index < -0.39 is 0 Å². The summed E-state index contributed by atoms with van der Waals surface area (Å²) in [5.41, 5.74) is 3.99. The van der Waals surface area contributed by atoms with Crippen molar-refractivity contribution < 1.29 is 4.79 Å². The van der Waals surface area contributed by atoms with Gasteiger partial charge in [0.2, 0.25) is 5.91 Å². The number of hydrogen-bond acceptors (Lipinski definition) is 1. The van der Waals surface area contributed by atoms with E-state index in [0.717, 1.165) is 32.1 Å². The smallest absolute Gasteiger partial charge is 0.223 e. The van der Waals surface area contributed by atoms with Crippen molar-refractivity contribution in [3.63, 3.8) is 0 Å². The van der Waals surface area contributed by atoms with Crippen molar-refractivity contribution in [3.05, 3.63) is 35.5 Å². The van der Waals surface area contributed by atoms with Gasteiger partial charge in [-0.15, -0.1) is 0 Å². The van der Waals surface area contributed by atoms with Gasteiger partial charge in [0, 0.05) is 35.0 Å². The Morgan fingerprint density at radius 1 is 1.21 bits per heavy atom. The van der Waals surface area contributed by atoms with Crippen LogP contribution in [0, 0.1) is 5.92 Å². The quantitative estimate of drug-likeness (QED) is 0.850. The Morgan fingerprint density at radius 2 is 2.05 bits per heavy atom. The number of aromatic nitrogens is 1. The summed E-state index contributed by atoms with van der Waals surface area (Å²) in [4.78, 5) is 15.3. The number of aryl methyl sites for hydroxylation is 1. The summed E-state index contributed by atoms with van der Waals surface area (Å²) in [5.74, 6) is 0.577. The summed E-state index contributed by atoms with van der Waals surface area (Å²) in [5, 5.41) is 4.56. The molecule has 1 fully saturated rings. The monoisotopic (exact) mass is 254 g/mol. The molecule has 2 N–H and O–H groups in total. The maximum absolute atomic E-state index is 11.8. The number of H-pyrrole nitrogens is 1. The number of nitrogens with one attached hydrogen (secondary N) is 2. The largest absolute Gasteiger partial charge is 0.358 e. The van der Waals surface area contributed by atoms with Crippen molar-refractivity contribution in [2.45, 2.75) is 38.1 Å². The molecular weight excluding hydrogens is 236 g/mol. The lowest BCUT2D eigenvalue weighted by Crippen LogP contribution is -2.39. The van der Waals surface area contributed by atoms with Crippen LogP contribution in [0.4, 0.5) is 0 Å². The molecule has 98 valence electrons. The average molecular weight is 254 g/mol. The van der Waals surface area contributed by atoms with Crippen LogP contribution in [0.25, 0.3) is 10.9 Å². The molecule has 0 radical (unpaired) electrons. The normalized spacial score (nSPS) is 22.2. The molecule has 1 unspecified atom stereocenters. The van der Waals surface area contributed by atoms with Gasteiger partial charge in [-0.3, -0.25) is 4.79 Å². The zero-order valence-corrected chi connectivity index (χ0v) is 10.9. The lowest BCUT2D eigenvalue weighted by Gasteiger charge is -2.23. The number of carbonyl (C=O) groups is 1.